The number of nitrogens with zero attached hydrogens (tertiary/aromatic N) is 2. The lowest BCUT2D eigenvalue weighted by Crippen LogP contribution is -2.26. The molecule has 0 aliphatic rings. The first-order valence-corrected chi connectivity index (χ1v) is 11.8. The van der Waals surface area contributed by atoms with Gasteiger partial charge in [-0.3, -0.25) is 14.6 Å². The zero-order chi connectivity index (χ0) is 26.9. The van der Waals surface area contributed by atoms with Crippen LogP contribution in [0.4, 0.5) is 18.9 Å². The van der Waals surface area contributed by atoms with Crippen LogP contribution in [0.15, 0.2) is 54.7 Å². The molecule has 0 saturated carbocycles. The Balaban J connectivity index is 1.92. The molecule has 4 rings (SSSR count). The number of Topliss-reactive ketones (excluding diaryl/α,β-unsaturated/α-hetero) is 1. The van der Waals surface area contributed by atoms with E-state index in [-0.39, 0.29) is 40.5 Å². The number of aromatic nitrogens is 2. The van der Waals surface area contributed by atoms with E-state index in [0.29, 0.717) is 16.3 Å². The van der Waals surface area contributed by atoms with Crippen LogP contribution in [0.5, 0.6) is 5.75 Å². The van der Waals surface area contributed by atoms with Crippen molar-refractivity contribution in [3.8, 4) is 5.75 Å². The smallest absolute Gasteiger partial charge is 0.432 e. The number of alkyl halides is 3. The van der Waals surface area contributed by atoms with E-state index in [4.69, 9.17) is 27.9 Å². The summed E-state index contributed by atoms with van der Waals surface area (Å²) in [5.41, 5.74) is -0.841. The molecule has 0 aliphatic heterocycles. The van der Waals surface area contributed by atoms with Crippen molar-refractivity contribution in [2.24, 2.45) is 0 Å². The fraction of sp³-hybridized carbons (Fsp3) is 0.192. The second-order valence-electron chi connectivity index (χ2n) is 8.12. The van der Waals surface area contributed by atoms with Gasteiger partial charge in [-0.15, -0.1) is 0 Å². The average molecular weight is 550 g/mol. The van der Waals surface area contributed by atoms with E-state index in [1.165, 1.54) is 54.7 Å². The standard InChI is InChI=1S/C26H20Cl2F3N3O3/c1-3-37-18-6-7-21-19(12-18)22(23(35)25(36)33-17-8-9-32-14(2)10-17)24(26(29,30)31)34(21)13-15-4-5-16(27)11-20(15)28/h4-12H,3,13H2,1-2H3,(H,32,33,36). The quantitative estimate of drug-likeness (QED) is 0.200. The second kappa shape index (κ2) is 10.4. The maximum atomic E-state index is 14.6. The largest absolute Gasteiger partial charge is 0.494 e. The highest BCUT2D eigenvalue weighted by Gasteiger charge is 2.42. The minimum absolute atomic E-state index is 0.0746. The molecule has 0 saturated heterocycles. The third kappa shape index (κ3) is 5.57. The van der Waals surface area contributed by atoms with Crippen LogP contribution in [0.2, 0.25) is 10.0 Å². The van der Waals surface area contributed by atoms with E-state index in [0.717, 1.165) is 4.57 Å². The Bertz CT molecular complexity index is 1520. The molecule has 0 fully saturated rings. The summed E-state index contributed by atoms with van der Waals surface area (Å²) in [5, 5.41) is 2.77. The topological polar surface area (TPSA) is 73.2 Å². The lowest BCUT2D eigenvalue weighted by atomic mass is 10.0. The van der Waals surface area contributed by atoms with Crippen LogP contribution in [-0.4, -0.2) is 27.8 Å². The Labute approximate surface area is 220 Å². The van der Waals surface area contributed by atoms with E-state index >= 15 is 0 Å². The van der Waals surface area contributed by atoms with Gasteiger partial charge in [0.15, 0.2) is 0 Å². The Morgan fingerprint density at radius 1 is 1.08 bits per heavy atom. The maximum Gasteiger partial charge on any atom is 0.432 e. The molecule has 2 aromatic carbocycles. The highest BCUT2D eigenvalue weighted by atomic mass is 35.5. The van der Waals surface area contributed by atoms with E-state index in [1.54, 1.807) is 13.8 Å². The molecule has 0 atom stereocenters. The van der Waals surface area contributed by atoms with Crippen LogP contribution in [0.25, 0.3) is 10.9 Å². The number of nitrogens with one attached hydrogen (secondary N) is 1. The molecule has 2 aromatic heterocycles. The van der Waals surface area contributed by atoms with Gasteiger partial charge < -0.3 is 14.6 Å². The molecule has 0 aliphatic carbocycles. The number of carbonyl (C=O) groups excluding carboxylic acids is 2. The number of halogens is 5. The molecule has 0 spiro atoms. The van der Waals surface area contributed by atoms with Crippen molar-refractivity contribution in [3.05, 3.63) is 87.3 Å². The summed E-state index contributed by atoms with van der Waals surface area (Å²) in [6.07, 6.45) is -3.57. The van der Waals surface area contributed by atoms with E-state index in [1.807, 2.05) is 0 Å². The second-order valence-corrected chi connectivity index (χ2v) is 8.97. The lowest BCUT2D eigenvalue weighted by molar-refractivity contribution is -0.143. The number of fused-ring (bicyclic) bond motifs is 1. The molecular formula is C26H20Cl2F3N3O3. The van der Waals surface area contributed by atoms with E-state index in [2.05, 4.69) is 10.3 Å². The Kier molecular flexibility index (Phi) is 7.47. The number of ether oxygens (including phenoxy) is 1. The number of hydrogen-bond donors (Lipinski definition) is 1. The number of hydrogen-bond acceptors (Lipinski definition) is 4. The number of benzene rings is 2. The van der Waals surface area contributed by atoms with E-state index < -0.39 is 29.1 Å². The van der Waals surface area contributed by atoms with Gasteiger partial charge in [-0.1, -0.05) is 29.3 Å². The molecular weight excluding hydrogens is 530 g/mol. The van der Waals surface area contributed by atoms with Crippen LogP contribution in [0.3, 0.4) is 0 Å². The summed E-state index contributed by atoms with van der Waals surface area (Å²) in [6.45, 7) is 3.32. The molecule has 0 bridgehead atoms. The molecule has 6 nitrogen and oxygen atoms in total. The summed E-state index contributed by atoms with van der Waals surface area (Å²) in [6, 6.07) is 11.6. The van der Waals surface area contributed by atoms with Gasteiger partial charge in [0.05, 0.1) is 12.2 Å². The summed E-state index contributed by atoms with van der Waals surface area (Å²) in [4.78, 5) is 30.2. The zero-order valence-corrected chi connectivity index (χ0v) is 21.1. The lowest BCUT2D eigenvalue weighted by Gasteiger charge is -2.16. The number of carbonyl (C=O) groups is 2. The average Bonchev–Trinajstić information content (AvgIpc) is 3.14. The Morgan fingerprint density at radius 2 is 1.84 bits per heavy atom. The highest BCUT2D eigenvalue weighted by molar-refractivity contribution is 6.48. The first kappa shape index (κ1) is 26.5. The van der Waals surface area contributed by atoms with Crippen molar-refractivity contribution < 1.29 is 27.5 Å². The van der Waals surface area contributed by atoms with Gasteiger partial charge in [-0.2, -0.15) is 13.2 Å². The number of aryl methyl sites for hydroxylation is 1. The van der Waals surface area contributed by atoms with E-state index in [9.17, 15) is 22.8 Å². The molecule has 37 heavy (non-hydrogen) atoms. The Hall–Kier alpha value is -3.56. The van der Waals surface area contributed by atoms with Crippen LogP contribution in [0.1, 0.15) is 34.2 Å². The van der Waals surface area contributed by atoms with Crippen molar-refractivity contribution in [1.82, 2.24) is 9.55 Å². The van der Waals surface area contributed by atoms with Gasteiger partial charge in [0.1, 0.15) is 11.4 Å². The minimum atomic E-state index is -4.98. The van der Waals surface area contributed by atoms with Crippen LogP contribution >= 0.6 is 23.2 Å². The maximum absolute atomic E-state index is 14.6. The molecule has 4 aromatic rings. The van der Waals surface area contributed by atoms with Crippen LogP contribution in [0, 0.1) is 6.92 Å². The normalized spacial score (nSPS) is 11.5. The van der Waals surface area contributed by atoms with Crippen LogP contribution in [-0.2, 0) is 17.5 Å². The molecule has 2 heterocycles. The Morgan fingerprint density at radius 3 is 2.49 bits per heavy atom. The predicted molar refractivity (Wildman–Crippen MR) is 136 cm³/mol. The molecule has 0 unspecified atom stereocenters. The van der Waals surface area contributed by atoms with Crippen molar-refractivity contribution in [3.63, 3.8) is 0 Å². The summed E-state index contributed by atoms with van der Waals surface area (Å²) < 4.78 is 50.1. The third-order valence-corrected chi connectivity index (χ3v) is 6.13. The van der Waals surface area contributed by atoms with Crippen molar-refractivity contribution >= 4 is 51.5 Å². The predicted octanol–water partition coefficient (Wildman–Crippen LogP) is 6.94. The number of anilines is 1. The fourth-order valence-electron chi connectivity index (χ4n) is 4.02. The number of rotatable bonds is 7. The van der Waals surface area contributed by atoms with Gasteiger partial charge in [0.2, 0.25) is 0 Å². The van der Waals surface area contributed by atoms with Crippen LogP contribution < -0.4 is 10.1 Å². The van der Waals surface area contributed by atoms with Crippen molar-refractivity contribution in [2.45, 2.75) is 26.6 Å². The molecule has 192 valence electrons. The number of ketones is 1. The summed E-state index contributed by atoms with van der Waals surface area (Å²) in [7, 11) is 0. The molecule has 1 N–H and O–H groups in total. The van der Waals surface area contributed by atoms with Gasteiger partial charge >= 0.3 is 6.18 Å². The molecule has 11 heteroatoms. The minimum Gasteiger partial charge on any atom is -0.494 e. The molecule has 1 amide bonds. The number of amides is 1. The first-order chi connectivity index (χ1) is 17.5. The first-order valence-electron chi connectivity index (χ1n) is 11.1. The van der Waals surface area contributed by atoms with Gasteiger partial charge in [-0.05, 0) is 61.9 Å². The molecule has 0 radical (unpaired) electrons. The third-order valence-electron chi connectivity index (χ3n) is 5.55. The van der Waals surface area contributed by atoms with Crippen molar-refractivity contribution in [1.29, 1.82) is 0 Å². The zero-order valence-electron chi connectivity index (χ0n) is 19.6. The van der Waals surface area contributed by atoms with Gasteiger partial charge in [0, 0.05) is 45.1 Å². The number of pyridine rings is 1. The van der Waals surface area contributed by atoms with Gasteiger partial charge in [0.25, 0.3) is 11.7 Å². The summed E-state index contributed by atoms with van der Waals surface area (Å²) in [5.74, 6) is -2.31. The summed E-state index contributed by atoms with van der Waals surface area (Å²) >= 11 is 12.2. The fourth-order valence-corrected chi connectivity index (χ4v) is 4.49. The van der Waals surface area contributed by atoms with Crippen molar-refractivity contribution in [2.75, 3.05) is 11.9 Å². The monoisotopic (exact) mass is 549 g/mol. The SMILES string of the molecule is CCOc1ccc2c(c1)c(C(=O)C(=O)Nc1ccnc(C)c1)c(C(F)(F)F)n2Cc1ccc(Cl)cc1Cl. The highest BCUT2D eigenvalue weighted by Crippen LogP contribution is 2.41. The van der Waals surface area contributed by atoms with Gasteiger partial charge in [-0.25, -0.2) is 0 Å².